The molecule has 0 N–H and O–H groups in total. The molecular weight excluding hydrogens is 276 g/mol. The second kappa shape index (κ2) is 7.32. The van der Waals surface area contributed by atoms with Gasteiger partial charge in [-0.1, -0.05) is 87.3 Å². The van der Waals surface area contributed by atoms with Gasteiger partial charge in [0.25, 0.3) is 0 Å². The lowest BCUT2D eigenvalue weighted by atomic mass is 9.62. The minimum absolute atomic E-state index is 0.386. The van der Waals surface area contributed by atoms with Crippen molar-refractivity contribution in [3.8, 4) is 0 Å². The van der Waals surface area contributed by atoms with Gasteiger partial charge < -0.3 is 0 Å². The number of hydrogen-bond donors (Lipinski definition) is 0. The first-order valence-corrected chi connectivity index (χ1v) is 9.94. The summed E-state index contributed by atoms with van der Waals surface area (Å²) in [6, 6.07) is 0. The van der Waals surface area contributed by atoms with Crippen LogP contribution in [0, 0.1) is 34.0 Å². The molecule has 0 aromatic carbocycles. The van der Waals surface area contributed by atoms with Gasteiger partial charge in [0.2, 0.25) is 0 Å². The van der Waals surface area contributed by atoms with Crippen molar-refractivity contribution in [1.82, 2.24) is 0 Å². The van der Waals surface area contributed by atoms with Crippen molar-refractivity contribution in [3.63, 3.8) is 0 Å². The van der Waals surface area contributed by atoms with Gasteiger partial charge in [0.05, 0.1) is 0 Å². The van der Waals surface area contributed by atoms with E-state index in [2.05, 4.69) is 75.3 Å². The van der Waals surface area contributed by atoms with E-state index in [4.69, 9.17) is 0 Å². The highest BCUT2D eigenvalue weighted by Gasteiger charge is 2.36. The zero-order chi connectivity index (χ0) is 18.1. The molecule has 1 aliphatic rings. The Balaban J connectivity index is 3.03. The van der Waals surface area contributed by atoms with Gasteiger partial charge in [-0.15, -0.1) is 0 Å². The number of rotatable bonds is 4. The first-order valence-electron chi connectivity index (χ1n) is 9.94. The molecule has 0 spiro atoms. The highest BCUT2D eigenvalue weighted by Crippen LogP contribution is 2.47. The van der Waals surface area contributed by atoms with E-state index in [1.165, 1.54) is 32.1 Å². The van der Waals surface area contributed by atoms with Gasteiger partial charge in [-0.25, -0.2) is 0 Å². The summed E-state index contributed by atoms with van der Waals surface area (Å²) in [5, 5.41) is 0. The quantitative estimate of drug-likeness (QED) is 0.462. The van der Waals surface area contributed by atoms with Gasteiger partial charge in [0.1, 0.15) is 0 Å². The Morgan fingerprint density at radius 3 is 1.91 bits per heavy atom. The number of hydrogen-bond acceptors (Lipinski definition) is 0. The Hall–Kier alpha value is -0.260. The molecule has 0 aliphatic heterocycles. The third-order valence-electron chi connectivity index (χ3n) is 6.19. The maximum atomic E-state index is 2.68. The SMILES string of the molecule is CCCC(CC1=CC(C(C)(C)C)CC(C(C)(C)C)C1)C(C)(C)C. The molecule has 0 amide bonds. The molecule has 0 radical (unpaired) electrons. The van der Waals surface area contributed by atoms with Crippen molar-refractivity contribution < 1.29 is 0 Å². The molecule has 0 aromatic heterocycles. The van der Waals surface area contributed by atoms with Gasteiger partial charge in [-0.2, -0.15) is 0 Å². The van der Waals surface area contributed by atoms with Crippen LogP contribution >= 0.6 is 0 Å². The van der Waals surface area contributed by atoms with Crippen LogP contribution in [0.1, 0.15) is 101 Å². The molecule has 0 saturated carbocycles. The van der Waals surface area contributed by atoms with Crippen LogP contribution in [0.25, 0.3) is 0 Å². The molecule has 23 heavy (non-hydrogen) atoms. The van der Waals surface area contributed by atoms with Crippen LogP contribution in [-0.4, -0.2) is 0 Å². The zero-order valence-electron chi connectivity index (χ0n) is 17.8. The van der Waals surface area contributed by atoms with E-state index in [1.54, 1.807) is 5.57 Å². The summed E-state index contributed by atoms with van der Waals surface area (Å²) in [6.45, 7) is 24.2. The minimum atomic E-state index is 0.386. The Morgan fingerprint density at radius 1 is 0.957 bits per heavy atom. The van der Waals surface area contributed by atoms with E-state index in [1.807, 2.05) is 0 Å². The van der Waals surface area contributed by atoms with E-state index in [9.17, 15) is 0 Å². The summed E-state index contributed by atoms with van der Waals surface area (Å²) in [5.41, 5.74) is 2.98. The number of allylic oxidation sites excluding steroid dienone is 2. The summed E-state index contributed by atoms with van der Waals surface area (Å²) in [5.74, 6) is 2.38. The van der Waals surface area contributed by atoms with Crippen LogP contribution in [-0.2, 0) is 0 Å². The fourth-order valence-corrected chi connectivity index (χ4v) is 4.05. The van der Waals surface area contributed by atoms with Crippen molar-refractivity contribution in [2.75, 3.05) is 0 Å². The maximum absolute atomic E-state index is 2.68. The molecule has 1 aliphatic carbocycles. The molecule has 136 valence electrons. The molecule has 0 aromatic rings. The van der Waals surface area contributed by atoms with Crippen LogP contribution in [0.15, 0.2) is 11.6 Å². The summed E-state index contributed by atoms with van der Waals surface area (Å²) >= 11 is 0. The maximum Gasteiger partial charge on any atom is -0.0179 e. The van der Waals surface area contributed by atoms with Crippen LogP contribution in [0.4, 0.5) is 0 Å². The van der Waals surface area contributed by atoms with Crippen molar-refractivity contribution in [1.29, 1.82) is 0 Å². The Bertz CT molecular complexity index is 391. The molecule has 3 unspecified atom stereocenters. The third kappa shape index (κ3) is 6.28. The van der Waals surface area contributed by atoms with Crippen molar-refractivity contribution >= 4 is 0 Å². The summed E-state index contributed by atoms with van der Waals surface area (Å²) < 4.78 is 0. The van der Waals surface area contributed by atoms with E-state index in [0.717, 1.165) is 17.8 Å². The average molecular weight is 321 g/mol. The van der Waals surface area contributed by atoms with Crippen molar-refractivity contribution in [3.05, 3.63) is 11.6 Å². The average Bonchev–Trinajstić information content (AvgIpc) is 2.34. The summed E-state index contributed by atoms with van der Waals surface area (Å²) in [4.78, 5) is 0. The van der Waals surface area contributed by atoms with E-state index in [0.29, 0.717) is 16.2 Å². The predicted molar refractivity (Wildman–Crippen MR) is 106 cm³/mol. The highest BCUT2D eigenvalue weighted by molar-refractivity contribution is 5.14. The topological polar surface area (TPSA) is 0 Å². The van der Waals surface area contributed by atoms with Crippen LogP contribution < -0.4 is 0 Å². The van der Waals surface area contributed by atoms with E-state index in [-0.39, 0.29) is 0 Å². The standard InChI is InChI=1S/C23H44/c1-11-12-18(21(2,3)4)13-17-14-19(22(5,6)7)16-20(15-17)23(8,9)10/h14,18-20H,11-13,15-16H2,1-10H3. The second-order valence-electron chi connectivity index (χ2n) is 11.4. The first kappa shape index (κ1) is 20.8. The third-order valence-corrected chi connectivity index (χ3v) is 6.19. The molecule has 0 heteroatoms. The van der Waals surface area contributed by atoms with E-state index < -0.39 is 0 Å². The molecule has 3 atom stereocenters. The predicted octanol–water partition coefficient (Wildman–Crippen LogP) is 7.88. The van der Waals surface area contributed by atoms with Gasteiger partial charge in [-0.05, 0) is 59.7 Å². The van der Waals surface area contributed by atoms with Crippen LogP contribution in [0.2, 0.25) is 0 Å². The molecule has 1 rings (SSSR count). The molecule has 0 fully saturated rings. The van der Waals surface area contributed by atoms with Gasteiger partial charge in [0.15, 0.2) is 0 Å². The molecule has 0 nitrogen and oxygen atoms in total. The molecule has 0 heterocycles. The lowest BCUT2D eigenvalue weighted by Gasteiger charge is -2.43. The molecule has 0 saturated heterocycles. The van der Waals surface area contributed by atoms with Gasteiger partial charge in [-0.3, -0.25) is 0 Å². The smallest absolute Gasteiger partial charge is 0.0179 e. The Morgan fingerprint density at radius 2 is 1.52 bits per heavy atom. The molecular formula is C23H44. The van der Waals surface area contributed by atoms with Gasteiger partial charge in [0, 0.05) is 0 Å². The van der Waals surface area contributed by atoms with Crippen LogP contribution in [0.5, 0.6) is 0 Å². The largest absolute Gasteiger partial charge is 0.0817 e. The fraction of sp³-hybridized carbons (Fsp3) is 0.913. The zero-order valence-corrected chi connectivity index (χ0v) is 17.8. The van der Waals surface area contributed by atoms with Crippen molar-refractivity contribution in [2.24, 2.45) is 34.0 Å². The minimum Gasteiger partial charge on any atom is -0.0817 e. The molecule has 0 bridgehead atoms. The van der Waals surface area contributed by atoms with E-state index >= 15 is 0 Å². The highest BCUT2D eigenvalue weighted by atomic mass is 14.4. The normalized spacial score (nSPS) is 25.2. The summed E-state index contributed by atoms with van der Waals surface area (Å²) in [6.07, 6.45) is 9.35. The Labute approximate surface area is 147 Å². The fourth-order valence-electron chi connectivity index (χ4n) is 4.05. The Kier molecular flexibility index (Phi) is 6.62. The second-order valence-corrected chi connectivity index (χ2v) is 11.4. The van der Waals surface area contributed by atoms with Gasteiger partial charge >= 0.3 is 0 Å². The monoisotopic (exact) mass is 320 g/mol. The lowest BCUT2D eigenvalue weighted by Crippen LogP contribution is -2.32. The summed E-state index contributed by atoms with van der Waals surface area (Å²) in [7, 11) is 0. The lowest BCUT2D eigenvalue weighted by molar-refractivity contribution is 0.139. The van der Waals surface area contributed by atoms with Crippen LogP contribution in [0.3, 0.4) is 0 Å². The van der Waals surface area contributed by atoms with Crippen molar-refractivity contribution in [2.45, 2.75) is 101 Å². The first-order chi connectivity index (χ1) is 10.2.